The van der Waals surface area contributed by atoms with Crippen LogP contribution >= 0.6 is 31.9 Å². The molecule has 2 rings (SSSR count). The minimum absolute atomic E-state index is 0.828. The van der Waals surface area contributed by atoms with Crippen molar-refractivity contribution in [1.29, 1.82) is 0 Å². The Morgan fingerprint density at radius 2 is 2.10 bits per heavy atom. The highest BCUT2D eigenvalue weighted by Gasteiger charge is 2.09. The number of hydrogen-bond acceptors (Lipinski definition) is 2. The second-order valence-corrected chi connectivity index (χ2v) is 6.88. The quantitative estimate of drug-likeness (QED) is 0.521. The largest absolute Gasteiger partial charge is 0.495 e. The predicted molar refractivity (Wildman–Crippen MR) is 91.3 cm³/mol. The zero-order valence-corrected chi connectivity index (χ0v) is 15.0. The molecule has 1 N–H and O–H groups in total. The molecule has 0 aromatic heterocycles. The third-order valence-corrected chi connectivity index (χ3v) is 4.66. The van der Waals surface area contributed by atoms with E-state index in [1.807, 2.05) is 6.07 Å². The molecule has 1 aliphatic rings. The molecule has 0 unspecified atom stereocenters. The summed E-state index contributed by atoms with van der Waals surface area (Å²) in [4.78, 5) is 0. The summed E-state index contributed by atoms with van der Waals surface area (Å²) in [7, 11) is 1.71. The van der Waals surface area contributed by atoms with E-state index >= 15 is 0 Å². The lowest BCUT2D eigenvalue weighted by Gasteiger charge is -2.14. The molecule has 0 fully saturated rings. The summed E-state index contributed by atoms with van der Waals surface area (Å²) < 4.78 is 7.51. The molecule has 0 spiro atoms. The minimum Gasteiger partial charge on any atom is -0.495 e. The molecule has 0 bridgehead atoms. The summed E-state index contributed by atoms with van der Waals surface area (Å²) in [6.07, 6.45) is 8.85. The van der Waals surface area contributed by atoms with Crippen LogP contribution in [0.5, 0.6) is 5.75 Å². The van der Waals surface area contributed by atoms with E-state index in [1.54, 1.807) is 12.7 Å². The first kappa shape index (κ1) is 16.1. The highest BCUT2D eigenvalue weighted by molar-refractivity contribution is 9.11. The van der Waals surface area contributed by atoms with E-state index in [-0.39, 0.29) is 0 Å². The van der Waals surface area contributed by atoms with Crippen LogP contribution in [-0.2, 0) is 6.54 Å². The molecule has 110 valence electrons. The van der Waals surface area contributed by atoms with Crippen LogP contribution in [-0.4, -0.2) is 13.7 Å². The van der Waals surface area contributed by atoms with Gasteiger partial charge in [-0.2, -0.15) is 0 Å². The molecule has 1 aromatic rings. The Bertz CT molecular complexity index is 486. The Morgan fingerprint density at radius 1 is 1.25 bits per heavy atom. The summed E-state index contributed by atoms with van der Waals surface area (Å²) in [6, 6.07) is 4.12. The number of benzene rings is 1. The maximum absolute atomic E-state index is 5.46. The van der Waals surface area contributed by atoms with Crippen molar-refractivity contribution in [1.82, 2.24) is 5.32 Å². The molecular weight excluding hydrogens is 382 g/mol. The molecule has 1 aliphatic carbocycles. The van der Waals surface area contributed by atoms with Crippen molar-refractivity contribution in [2.75, 3.05) is 13.7 Å². The van der Waals surface area contributed by atoms with Crippen molar-refractivity contribution in [3.8, 4) is 5.75 Å². The smallest absolute Gasteiger partial charge is 0.137 e. The Balaban J connectivity index is 1.86. The number of allylic oxidation sites excluding steroid dienone is 1. The van der Waals surface area contributed by atoms with Crippen molar-refractivity contribution < 1.29 is 4.74 Å². The van der Waals surface area contributed by atoms with E-state index < -0.39 is 0 Å². The zero-order valence-electron chi connectivity index (χ0n) is 11.8. The van der Waals surface area contributed by atoms with Gasteiger partial charge in [0.15, 0.2) is 0 Å². The van der Waals surface area contributed by atoms with E-state index in [9.17, 15) is 0 Å². The molecule has 4 heteroatoms. The van der Waals surface area contributed by atoms with Crippen molar-refractivity contribution >= 4 is 31.9 Å². The Hall–Kier alpha value is -0.320. The second-order valence-electron chi connectivity index (χ2n) is 5.11. The molecule has 0 saturated carbocycles. The molecular formula is C16H21Br2NO. The number of rotatable bonds is 6. The molecule has 2 nitrogen and oxygen atoms in total. The summed E-state index contributed by atoms with van der Waals surface area (Å²) in [5, 5.41) is 3.52. The molecule has 1 aromatic carbocycles. The first-order chi connectivity index (χ1) is 9.70. The van der Waals surface area contributed by atoms with E-state index in [0.29, 0.717) is 0 Å². The van der Waals surface area contributed by atoms with Gasteiger partial charge in [0.05, 0.1) is 11.6 Å². The monoisotopic (exact) mass is 401 g/mol. The normalized spacial score (nSPS) is 15.1. The number of nitrogens with one attached hydrogen (secondary N) is 1. The van der Waals surface area contributed by atoms with Crippen LogP contribution in [0.4, 0.5) is 0 Å². The third kappa shape index (κ3) is 4.61. The first-order valence-corrected chi connectivity index (χ1v) is 8.70. The second kappa shape index (κ2) is 8.20. The highest BCUT2D eigenvalue weighted by atomic mass is 79.9. The third-order valence-electron chi connectivity index (χ3n) is 3.61. The molecule has 20 heavy (non-hydrogen) atoms. The Morgan fingerprint density at radius 3 is 2.80 bits per heavy atom. The summed E-state index contributed by atoms with van der Waals surface area (Å²) in [5.41, 5.74) is 2.79. The van der Waals surface area contributed by atoms with Gasteiger partial charge in [-0.05, 0) is 66.7 Å². The average molecular weight is 403 g/mol. The maximum Gasteiger partial charge on any atom is 0.137 e. The van der Waals surface area contributed by atoms with Gasteiger partial charge in [0.1, 0.15) is 5.75 Å². The van der Waals surface area contributed by atoms with Crippen molar-refractivity contribution in [3.05, 3.63) is 38.3 Å². The standard InChI is InChI=1S/C16H21Br2NO/c1-20-16-13(9-14(17)10-15(16)18)11-19-8-7-12-5-3-2-4-6-12/h5,9-10,19H,2-4,6-8,11H2,1H3. The van der Waals surface area contributed by atoms with E-state index in [4.69, 9.17) is 4.74 Å². The average Bonchev–Trinajstić information content (AvgIpc) is 2.44. The molecule has 0 atom stereocenters. The lowest BCUT2D eigenvalue weighted by atomic mass is 9.97. The number of ether oxygens (including phenoxy) is 1. The fourth-order valence-electron chi connectivity index (χ4n) is 2.58. The maximum atomic E-state index is 5.46. The minimum atomic E-state index is 0.828. The molecule has 0 radical (unpaired) electrons. The number of halogens is 2. The lowest BCUT2D eigenvalue weighted by Crippen LogP contribution is -2.16. The summed E-state index contributed by atoms with van der Waals surface area (Å²) in [6.45, 7) is 1.85. The molecule has 0 amide bonds. The van der Waals surface area contributed by atoms with Gasteiger partial charge in [0.2, 0.25) is 0 Å². The fourth-order valence-corrected chi connectivity index (χ4v) is 4.05. The van der Waals surface area contributed by atoms with Gasteiger partial charge in [-0.15, -0.1) is 0 Å². The number of methoxy groups -OCH3 is 1. The molecule has 0 saturated heterocycles. The van der Waals surface area contributed by atoms with Crippen LogP contribution in [0.1, 0.15) is 37.7 Å². The van der Waals surface area contributed by atoms with Gasteiger partial charge >= 0.3 is 0 Å². The van der Waals surface area contributed by atoms with Crippen LogP contribution in [0.15, 0.2) is 32.7 Å². The summed E-state index contributed by atoms with van der Waals surface area (Å²) in [5.74, 6) is 0.914. The summed E-state index contributed by atoms with van der Waals surface area (Å²) >= 11 is 7.06. The van der Waals surface area contributed by atoms with Crippen LogP contribution in [0.25, 0.3) is 0 Å². The number of hydrogen-bond donors (Lipinski definition) is 1. The van der Waals surface area contributed by atoms with Crippen LogP contribution in [0.2, 0.25) is 0 Å². The van der Waals surface area contributed by atoms with Crippen molar-refractivity contribution in [3.63, 3.8) is 0 Å². The van der Waals surface area contributed by atoms with Crippen LogP contribution in [0.3, 0.4) is 0 Å². The molecule has 0 heterocycles. The Kier molecular flexibility index (Phi) is 6.59. The van der Waals surface area contributed by atoms with Gasteiger partial charge in [0.25, 0.3) is 0 Å². The van der Waals surface area contributed by atoms with Crippen molar-refractivity contribution in [2.24, 2.45) is 0 Å². The molecule has 0 aliphatic heterocycles. The van der Waals surface area contributed by atoms with Gasteiger partial charge in [-0.1, -0.05) is 27.6 Å². The lowest BCUT2D eigenvalue weighted by molar-refractivity contribution is 0.405. The highest BCUT2D eigenvalue weighted by Crippen LogP contribution is 2.32. The predicted octanol–water partition coefficient (Wildman–Crippen LogP) is 5.20. The van der Waals surface area contributed by atoms with Crippen LogP contribution < -0.4 is 10.1 Å². The SMILES string of the molecule is COc1c(Br)cc(Br)cc1CNCCC1=CCCCC1. The fraction of sp³-hybridized carbons (Fsp3) is 0.500. The van der Waals surface area contributed by atoms with Gasteiger partial charge in [-0.3, -0.25) is 0 Å². The topological polar surface area (TPSA) is 21.3 Å². The van der Waals surface area contributed by atoms with E-state index in [1.165, 1.54) is 31.2 Å². The first-order valence-electron chi connectivity index (χ1n) is 7.11. The van der Waals surface area contributed by atoms with Gasteiger partial charge in [-0.25, -0.2) is 0 Å². The zero-order chi connectivity index (χ0) is 14.4. The Labute approximate surface area is 138 Å². The van der Waals surface area contributed by atoms with E-state index in [0.717, 1.165) is 34.2 Å². The van der Waals surface area contributed by atoms with E-state index in [2.05, 4.69) is 49.3 Å². The van der Waals surface area contributed by atoms with Gasteiger partial charge < -0.3 is 10.1 Å². The van der Waals surface area contributed by atoms with Gasteiger partial charge in [0, 0.05) is 16.6 Å². The van der Waals surface area contributed by atoms with Crippen LogP contribution in [0, 0.1) is 0 Å². The van der Waals surface area contributed by atoms with Crippen molar-refractivity contribution in [2.45, 2.75) is 38.6 Å².